The Morgan fingerprint density at radius 1 is 1.42 bits per heavy atom. The largest absolute Gasteiger partial charge is 0.394 e. The van der Waals surface area contributed by atoms with Crippen molar-refractivity contribution in [1.82, 2.24) is 19.5 Å². The Bertz CT molecular complexity index is 590. The van der Waals surface area contributed by atoms with E-state index in [4.69, 9.17) is 9.84 Å². The van der Waals surface area contributed by atoms with Crippen molar-refractivity contribution < 1.29 is 14.9 Å². The van der Waals surface area contributed by atoms with Crippen LogP contribution < -0.4 is 0 Å². The molecular weight excluding hydrogens is 268 g/mol. The van der Waals surface area contributed by atoms with Gasteiger partial charge in [0.1, 0.15) is 24.2 Å². The second kappa shape index (κ2) is 5.04. The molecule has 0 aromatic carbocycles. The van der Waals surface area contributed by atoms with E-state index in [1.54, 1.807) is 10.9 Å². The topological polar surface area (TPSA) is 93.3 Å². The number of nitrogens with zero attached hydrogens (tertiary/aromatic N) is 4. The summed E-state index contributed by atoms with van der Waals surface area (Å²) in [6.07, 6.45) is 1.86. The van der Waals surface area contributed by atoms with Crippen molar-refractivity contribution in [3.05, 3.63) is 18.3 Å². The number of aliphatic hydroxyl groups excluding tert-OH is 2. The van der Waals surface area contributed by atoms with Gasteiger partial charge in [-0.05, 0) is 0 Å². The second-order valence-corrected chi connectivity index (χ2v) is 4.73. The zero-order valence-corrected chi connectivity index (χ0v) is 10.9. The van der Waals surface area contributed by atoms with Crippen LogP contribution in [0.3, 0.4) is 0 Å². The maximum Gasteiger partial charge on any atom is 0.165 e. The van der Waals surface area contributed by atoms with Crippen LogP contribution in [0.25, 0.3) is 11.2 Å². The molecule has 8 heteroatoms. The van der Waals surface area contributed by atoms with Crippen molar-refractivity contribution in [2.45, 2.75) is 30.6 Å². The number of imidazole rings is 1. The van der Waals surface area contributed by atoms with E-state index >= 15 is 0 Å². The molecule has 0 bridgehead atoms. The lowest BCUT2D eigenvalue weighted by Crippen LogP contribution is -2.24. The summed E-state index contributed by atoms with van der Waals surface area (Å²) >= 11 is 4.21. The molecule has 2 N–H and O–H groups in total. The molecule has 0 unspecified atom stereocenters. The van der Waals surface area contributed by atoms with Gasteiger partial charge in [0.15, 0.2) is 5.65 Å². The van der Waals surface area contributed by atoms with Crippen molar-refractivity contribution in [1.29, 1.82) is 0 Å². The van der Waals surface area contributed by atoms with Crippen LogP contribution in [0.5, 0.6) is 0 Å². The summed E-state index contributed by atoms with van der Waals surface area (Å²) in [7, 11) is 0. The summed E-state index contributed by atoms with van der Waals surface area (Å²) in [4.78, 5) is 12.6. The van der Waals surface area contributed by atoms with E-state index in [0.717, 1.165) is 5.69 Å². The van der Waals surface area contributed by atoms with Gasteiger partial charge in [-0.3, -0.25) is 4.57 Å². The van der Waals surface area contributed by atoms with Crippen molar-refractivity contribution in [2.24, 2.45) is 0 Å². The lowest BCUT2D eigenvalue weighted by Gasteiger charge is -2.13. The van der Waals surface area contributed by atoms with E-state index in [2.05, 4.69) is 27.6 Å². The van der Waals surface area contributed by atoms with Crippen molar-refractivity contribution in [3.8, 4) is 0 Å². The van der Waals surface area contributed by atoms with Crippen molar-refractivity contribution in [2.75, 3.05) is 6.61 Å². The molecule has 102 valence electrons. The van der Waals surface area contributed by atoms with Gasteiger partial charge >= 0.3 is 0 Å². The van der Waals surface area contributed by atoms with Gasteiger partial charge in [-0.25, -0.2) is 15.0 Å². The normalized spacial score (nSPS) is 27.2. The van der Waals surface area contributed by atoms with Crippen LogP contribution in [0.1, 0.15) is 18.3 Å². The monoisotopic (exact) mass is 282 g/mol. The van der Waals surface area contributed by atoms with Gasteiger partial charge in [0.05, 0.1) is 24.7 Å². The number of hydrogen-bond donors (Lipinski definition) is 3. The van der Waals surface area contributed by atoms with E-state index in [0.29, 0.717) is 23.3 Å². The summed E-state index contributed by atoms with van der Waals surface area (Å²) in [5, 5.41) is 18.9. The standard InChI is InChI=1S/C11H14N4O3S/c16-2-8-7(17)1-9(18-8)15-5-14-10-6(3-19)12-4-13-11(10)15/h4-5,7-9,16-17,19H,1-3H2/t7-,8+,9+/m0/s1. The maximum atomic E-state index is 9.77. The van der Waals surface area contributed by atoms with Crippen LogP contribution >= 0.6 is 12.6 Å². The van der Waals surface area contributed by atoms with Gasteiger partial charge in [0, 0.05) is 12.2 Å². The van der Waals surface area contributed by atoms with E-state index in [9.17, 15) is 5.11 Å². The first kappa shape index (κ1) is 12.8. The number of hydrogen-bond acceptors (Lipinski definition) is 7. The van der Waals surface area contributed by atoms with Gasteiger partial charge in [-0.2, -0.15) is 12.6 Å². The van der Waals surface area contributed by atoms with Gasteiger partial charge < -0.3 is 14.9 Å². The maximum absolute atomic E-state index is 9.77. The minimum atomic E-state index is -0.682. The zero-order valence-electron chi connectivity index (χ0n) is 10.0. The quantitative estimate of drug-likeness (QED) is 0.681. The highest BCUT2D eigenvalue weighted by atomic mass is 32.1. The van der Waals surface area contributed by atoms with Crippen molar-refractivity contribution >= 4 is 23.8 Å². The zero-order chi connectivity index (χ0) is 13.4. The minimum Gasteiger partial charge on any atom is -0.394 e. The summed E-state index contributed by atoms with van der Waals surface area (Å²) < 4.78 is 7.35. The Balaban J connectivity index is 1.98. The molecule has 7 nitrogen and oxygen atoms in total. The molecule has 1 aliphatic heterocycles. The molecule has 1 fully saturated rings. The van der Waals surface area contributed by atoms with Gasteiger partial charge in [-0.15, -0.1) is 0 Å². The highest BCUT2D eigenvalue weighted by Crippen LogP contribution is 2.30. The molecule has 1 saturated heterocycles. The number of thiol groups is 1. The summed E-state index contributed by atoms with van der Waals surface area (Å²) in [5.41, 5.74) is 2.09. The molecule has 19 heavy (non-hydrogen) atoms. The van der Waals surface area contributed by atoms with Crippen LogP contribution in [0.2, 0.25) is 0 Å². The van der Waals surface area contributed by atoms with Gasteiger partial charge in [0.2, 0.25) is 0 Å². The molecule has 2 aromatic rings. The molecule has 3 atom stereocenters. The van der Waals surface area contributed by atoms with Crippen LogP contribution in [0.15, 0.2) is 12.7 Å². The molecule has 0 spiro atoms. The summed E-state index contributed by atoms with van der Waals surface area (Å²) in [5.74, 6) is 0.476. The lowest BCUT2D eigenvalue weighted by molar-refractivity contribution is -0.0432. The van der Waals surface area contributed by atoms with Crippen LogP contribution in [0, 0.1) is 0 Å². The lowest BCUT2D eigenvalue weighted by atomic mass is 10.2. The first-order chi connectivity index (χ1) is 9.24. The van der Waals surface area contributed by atoms with E-state index in [-0.39, 0.29) is 12.8 Å². The SMILES string of the molecule is OC[C@H]1O[C@@H](n2cnc3c(CS)ncnc32)C[C@@H]1O. The molecule has 0 aliphatic carbocycles. The first-order valence-electron chi connectivity index (χ1n) is 5.96. The van der Waals surface area contributed by atoms with E-state index in [1.165, 1.54) is 6.33 Å². The number of ether oxygens (including phenoxy) is 1. The third-order valence-corrected chi connectivity index (χ3v) is 3.58. The molecule has 3 heterocycles. The van der Waals surface area contributed by atoms with Crippen molar-refractivity contribution in [3.63, 3.8) is 0 Å². The average Bonchev–Trinajstić information content (AvgIpc) is 3.01. The fourth-order valence-electron chi connectivity index (χ4n) is 2.28. The number of aliphatic hydroxyl groups is 2. The van der Waals surface area contributed by atoms with Crippen LogP contribution in [0.4, 0.5) is 0 Å². The van der Waals surface area contributed by atoms with E-state index < -0.39 is 12.2 Å². The third-order valence-electron chi connectivity index (χ3n) is 3.28. The van der Waals surface area contributed by atoms with E-state index in [1.807, 2.05) is 0 Å². The number of rotatable bonds is 3. The predicted octanol–water partition coefficient (Wildman–Crippen LogP) is -0.103. The Kier molecular flexibility index (Phi) is 3.40. The molecule has 1 aliphatic rings. The minimum absolute atomic E-state index is 0.207. The Morgan fingerprint density at radius 3 is 2.95 bits per heavy atom. The van der Waals surface area contributed by atoms with Crippen LogP contribution in [-0.2, 0) is 10.5 Å². The molecule has 0 saturated carbocycles. The van der Waals surface area contributed by atoms with Gasteiger partial charge in [-0.1, -0.05) is 0 Å². The fourth-order valence-corrected chi connectivity index (χ4v) is 2.51. The highest BCUT2D eigenvalue weighted by Gasteiger charge is 2.35. The smallest absolute Gasteiger partial charge is 0.165 e. The molecule has 3 rings (SSSR count). The molecule has 0 amide bonds. The Morgan fingerprint density at radius 2 is 2.26 bits per heavy atom. The Hall–Kier alpha value is -1.22. The molecule has 2 aromatic heterocycles. The summed E-state index contributed by atoms with van der Waals surface area (Å²) in [6.45, 7) is -0.207. The predicted molar refractivity (Wildman–Crippen MR) is 69.6 cm³/mol. The summed E-state index contributed by atoms with van der Waals surface area (Å²) in [6, 6.07) is 0. The van der Waals surface area contributed by atoms with Crippen LogP contribution in [-0.4, -0.2) is 48.5 Å². The number of aromatic nitrogens is 4. The second-order valence-electron chi connectivity index (χ2n) is 4.42. The first-order valence-corrected chi connectivity index (χ1v) is 6.59. The Labute approximate surface area is 114 Å². The third kappa shape index (κ3) is 2.10. The fraction of sp³-hybridized carbons (Fsp3) is 0.545. The average molecular weight is 282 g/mol. The molecule has 0 radical (unpaired) electrons. The van der Waals surface area contributed by atoms with Gasteiger partial charge in [0.25, 0.3) is 0 Å². The number of fused-ring (bicyclic) bond motifs is 1. The molecular formula is C11H14N4O3S. The highest BCUT2D eigenvalue weighted by molar-refractivity contribution is 7.79.